The lowest BCUT2D eigenvalue weighted by Gasteiger charge is -2.36. The third-order valence-corrected chi connectivity index (χ3v) is 9.97. The highest BCUT2D eigenvalue weighted by atomic mass is 14.6. The van der Waals surface area contributed by atoms with Crippen molar-refractivity contribution in [1.82, 2.24) is 0 Å². The summed E-state index contributed by atoms with van der Waals surface area (Å²) in [6.45, 7) is 9.83. The van der Waals surface area contributed by atoms with Crippen molar-refractivity contribution in [3.8, 4) is 55.6 Å². The zero-order valence-corrected chi connectivity index (χ0v) is 25.5. The van der Waals surface area contributed by atoms with E-state index in [1.165, 1.54) is 72.3 Å². The Morgan fingerprint density at radius 1 is 0.391 bits per heavy atom. The van der Waals surface area contributed by atoms with Gasteiger partial charge in [0.25, 0.3) is 0 Å². The van der Waals surface area contributed by atoms with Gasteiger partial charge in [-0.05, 0) is 103 Å². The molecule has 0 amide bonds. The van der Waals surface area contributed by atoms with Crippen LogP contribution in [0.15, 0.2) is 158 Å². The molecule has 2 aliphatic carbocycles. The third-order valence-electron chi connectivity index (χ3n) is 9.97. The molecule has 0 atom stereocenters. The van der Waals surface area contributed by atoms with E-state index in [0.717, 1.165) is 11.1 Å². The fraction of sp³-hybridized carbons (Fsp3) is 0.0444. The first-order chi connectivity index (χ1) is 22.7. The van der Waals surface area contributed by atoms with Gasteiger partial charge in [0.1, 0.15) is 0 Å². The zero-order valence-electron chi connectivity index (χ0n) is 25.5. The van der Waals surface area contributed by atoms with E-state index < -0.39 is 5.41 Å². The maximum atomic E-state index is 7.67. The van der Waals surface area contributed by atoms with Crippen LogP contribution in [0.3, 0.4) is 0 Å². The molecule has 0 radical (unpaired) electrons. The van der Waals surface area contributed by atoms with Gasteiger partial charge in [0.15, 0.2) is 5.69 Å². The van der Waals surface area contributed by atoms with Crippen molar-refractivity contribution in [1.29, 1.82) is 0 Å². The average molecular weight is 584 g/mol. The molecule has 0 unspecified atom stereocenters. The van der Waals surface area contributed by atoms with Gasteiger partial charge in [-0.3, -0.25) is 0 Å². The van der Waals surface area contributed by atoms with Crippen molar-refractivity contribution in [2.24, 2.45) is 0 Å². The van der Waals surface area contributed by atoms with Gasteiger partial charge < -0.3 is 0 Å². The predicted octanol–water partition coefficient (Wildman–Crippen LogP) is 11.9. The number of aryl methyl sites for hydroxylation is 1. The molecule has 0 bridgehead atoms. The van der Waals surface area contributed by atoms with Crippen LogP contribution in [0, 0.1) is 13.5 Å². The molecule has 0 aromatic heterocycles. The molecule has 7 aromatic rings. The highest BCUT2D eigenvalue weighted by molar-refractivity contribution is 5.98. The number of rotatable bonds is 2. The molecule has 0 saturated carbocycles. The first kappa shape index (κ1) is 26.4. The van der Waals surface area contributed by atoms with Gasteiger partial charge >= 0.3 is 0 Å². The number of nitrogens with zero attached hydrogens (tertiary/aromatic N) is 1. The van der Waals surface area contributed by atoms with Crippen molar-refractivity contribution in [2.75, 3.05) is 0 Å². The lowest BCUT2D eigenvalue weighted by molar-refractivity contribution is 0.776. The summed E-state index contributed by atoms with van der Waals surface area (Å²) in [5.41, 5.74) is 18.6. The van der Waals surface area contributed by atoms with Crippen LogP contribution >= 0.6 is 0 Å². The van der Waals surface area contributed by atoms with E-state index in [1.54, 1.807) is 0 Å². The summed E-state index contributed by atoms with van der Waals surface area (Å²) in [6.07, 6.45) is 0. The second-order valence-electron chi connectivity index (χ2n) is 12.4. The highest BCUT2D eigenvalue weighted by Gasteiger charge is 2.49. The maximum Gasteiger partial charge on any atom is 0.187 e. The fourth-order valence-electron chi connectivity index (χ4n) is 8.03. The molecular weight excluding hydrogens is 555 g/mol. The molecule has 7 aromatic carbocycles. The second kappa shape index (κ2) is 10.0. The van der Waals surface area contributed by atoms with Crippen molar-refractivity contribution >= 4 is 5.69 Å². The number of benzene rings is 7. The van der Waals surface area contributed by atoms with Gasteiger partial charge in [-0.15, -0.1) is 0 Å². The number of hydrogen-bond donors (Lipinski definition) is 0. The Hall–Kier alpha value is -5.97. The Bertz CT molecular complexity index is 2360. The molecular formula is C45H29N. The largest absolute Gasteiger partial charge is 0.238 e. The Morgan fingerprint density at radius 2 is 0.848 bits per heavy atom. The third kappa shape index (κ3) is 3.68. The fourth-order valence-corrected chi connectivity index (χ4v) is 8.03. The van der Waals surface area contributed by atoms with Gasteiger partial charge in [-0.1, -0.05) is 145 Å². The van der Waals surface area contributed by atoms with Gasteiger partial charge in [0, 0.05) is 0 Å². The summed E-state index contributed by atoms with van der Waals surface area (Å²) < 4.78 is 0. The van der Waals surface area contributed by atoms with Crippen molar-refractivity contribution < 1.29 is 0 Å². The smallest absolute Gasteiger partial charge is 0.187 e. The van der Waals surface area contributed by atoms with Crippen molar-refractivity contribution in [3.05, 3.63) is 197 Å². The predicted molar refractivity (Wildman–Crippen MR) is 190 cm³/mol. The summed E-state index contributed by atoms with van der Waals surface area (Å²) in [5.74, 6) is 0. The van der Waals surface area contributed by atoms with E-state index >= 15 is 0 Å². The van der Waals surface area contributed by atoms with Crippen LogP contribution < -0.4 is 0 Å². The Morgan fingerprint density at radius 3 is 1.39 bits per heavy atom. The molecule has 0 heterocycles. The monoisotopic (exact) mass is 583 g/mol. The van der Waals surface area contributed by atoms with Crippen LogP contribution in [0.4, 0.5) is 5.69 Å². The quantitative estimate of drug-likeness (QED) is 0.178. The zero-order chi connectivity index (χ0) is 30.8. The van der Waals surface area contributed by atoms with E-state index in [2.05, 4.69) is 151 Å². The van der Waals surface area contributed by atoms with Crippen LogP contribution in [0.25, 0.3) is 60.5 Å². The Kier molecular flexibility index (Phi) is 5.76. The van der Waals surface area contributed by atoms with E-state index in [4.69, 9.17) is 6.57 Å². The minimum atomic E-state index is -0.565. The summed E-state index contributed by atoms with van der Waals surface area (Å²) >= 11 is 0. The van der Waals surface area contributed by atoms with Crippen LogP contribution in [0.2, 0.25) is 0 Å². The van der Waals surface area contributed by atoms with Crippen LogP contribution in [0.1, 0.15) is 27.8 Å². The molecule has 9 rings (SSSR count). The molecule has 2 aliphatic rings. The normalized spacial score (nSPS) is 13.0. The van der Waals surface area contributed by atoms with Gasteiger partial charge in [-0.2, -0.15) is 0 Å². The van der Waals surface area contributed by atoms with E-state index in [9.17, 15) is 0 Å². The molecule has 0 fully saturated rings. The minimum absolute atomic E-state index is 0.565. The molecule has 1 heteroatoms. The maximum absolute atomic E-state index is 7.67. The summed E-state index contributed by atoms with van der Waals surface area (Å²) in [6, 6.07) is 57.7. The standard InChI is InChI=1S/C45H29N/c1-29-11-9-12-30(25-29)32-21-23-39-35-15-3-4-16-36(35)40-24-22-33(31-13-10-14-34(26-31)46-2)28-44(40)45(43(39)27-32)41-19-7-5-17-37(41)38-18-6-8-20-42(38)45/h3-28H,1H3. The van der Waals surface area contributed by atoms with Gasteiger partial charge in [0.05, 0.1) is 12.0 Å². The molecule has 1 spiro atoms. The first-order valence-electron chi connectivity index (χ1n) is 15.8. The van der Waals surface area contributed by atoms with Crippen molar-refractivity contribution in [2.45, 2.75) is 12.3 Å². The molecule has 0 saturated heterocycles. The lowest BCUT2D eigenvalue weighted by Crippen LogP contribution is -2.29. The van der Waals surface area contributed by atoms with E-state index in [1.807, 2.05) is 18.2 Å². The average Bonchev–Trinajstić information content (AvgIpc) is 3.36. The summed E-state index contributed by atoms with van der Waals surface area (Å²) in [4.78, 5) is 3.74. The molecule has 1 nitrogen and oxygen atoms in total. The summed E-state index contributed by atoms with van der Waals surface area (Å²) in [5, 5.41) is 0. The molecule has 0 N–H and O–H groups in total. The van der Waals surface area contributed by atoms with Gasteiger partial charge in [0.2, 0.25) is 0 Å². The lowest BCUT2D eigenvalue weighted by atomic mass is 9.65. The SMILES string of the molecule is [C-]#[N+]c1cccc(-c2ccc3c(c2)C2(c4cc(-c5cccc(C)c5)ccc4-c4ccccc4-3)c3ccccc3-c3ccccc32)c1. The number of fused-ring (bicyclic) bond motifs is 12. The van der Waals surface area contributed by atoms with Crippen LogP contribution in [-0.2, 0) is 5.41 Å². The first-order valence-corrected chi connectivity index (χ1v) is 15.8. The van der Waals surface area contributed by atoms with E-state index in [0.29, 0.717) is 5.69 Å². The van der Waals surface area contributed by atoms with E-state index in [-0.39, 0.29) is 0 Å². The minimum Gasteiger partial charge on any atom is -0.238 e. The Balaban J connectivity index is 1.48. The number of hydrogen-bond acceptors (Lipinski definition) is 0. The second-order valence-corrected chi connectivity index (χ2v) is 12.4. The van der Waals surface area contributed by atoms with Gasteiger partial charge in [-0.25, -0.2) is 4.85 Å². The van der Waals surface area contributed by atoms with Crippen molar-refractivity contribution in [3.63, 3.8) is 0 Å². The molecule has 0 aliphatic heterocycles. The molecule has 46 heavy (non-hydrogen) atoms. The van der Waals surface area contributed by atoms with Crippen LogP contribution in [0.5, 0.6) is 0 Å². The topological polar surface area (TPSA) is 4.36 Å². The summed E-state index contributed by atoms with van der Waals surface area (Å²) in [7, 11) is 0. The highest BCUT2D eigenvalue weighted by Crippen LogP contribution is 2.62. The Labute approximate surface area is 269 Å². The molecule has 214 valence electrons. The van der Waals surface area contributed by atoms with Crippen LogP contribution in [-0.4, -0.2) is 0 Å².